The second-order valence-electron chi connectivity index (χ2n) is 3.30. The highest BCUT2D eigenvalue weighted by atomic mass is 32.1. The average Bonchev–Trinajstić information content (AvgIpc) is 2.58. The van der Waals surface area contributed by atoms with Crippen LogP contribution in [-0.2, 0) is 0 Å². The van der Waals surface area contributed by atoms with Crippen LogP contribution in [0.2, 0.25) is 0 Å². The van der Waals surface area contributed by atoms with Gasteiger partial charge in [-0.05, 0) is 37.5 Å². The minimum absolute atomic E-state index is 0.294. The molecule has 0 fully saturated rings. The zero-order chi connectivity index (χ0) is 8.55. The molecule has 1 unspecified atom stereocenters. The van der Waals surface area contributed by atoms with E-state index in [1.165, 1.54) is 15.3 Å². The summed E-state index contributed by atoms with van der Waals surface area (Å²) in [6.45, 7) is 2.14. The smallest absolute Gasteiger partial charge is 0.0302 e. The molecule has 0 aliphatic heterocycles. The monoisotopic (exact) mass is 179 g/mol. The Morgan fingerprint density at radius 3 is 2.83 bits per heavy atom. The second-order valence-corrected chi connectivity index (χ2v) is 4.59. The van der Waals surface area contributed by atoms with Crippen LogP contribution in [0.15, 0.2) is 18.2 Å². The summed E-state index contributed by atoms with van der Waals surface area (Å²) in [5.41, 5.74) is 7.24. The minimum atomic E-state index is 0.294. The van der Waals surface area contributed by atoms with E-state index in [0.29, 0.717) is 6.04 Å². The van der Waals surface area contributed by atoms with Crippen LogP contribution in [-0.4, -0.2) is 6.04 Å². The summed E-state index contributed by atoms with van der Waals surface area (Å²) in [5.74, 6) is 0. The lowest BCUT2D eigenvalue weighted by Gasteiger charge is -1.93. The molecule has 1 aliphatic rings. The van der Waals surface area contributed by atoms with Gasteiger partial charge in [0.05, 0.1) is 0 Å². The Balaban J connectivity index is 2.26. The van der Waals surface area contributed by atoms with E-state index < -0.39 is 0 Å². The van der Waals surface area contributed by atoms with Gasteiger partial charge in [-0.2, -0.15) is 0 Å². The zero-order valence-electron chi connectivity index (χ0n) is 7.21. The second kappa shape index (κ2) is 3.04. The summed E-state index contributed by atoms with van der Waals surface area (Å²) in [5, 5.41) is 0. The molecule has 1 aromatic heterocycles. The molecule has 0 spiro atoms. The number of rotatable bonds is 1. The van der Waals surface area contributed by atoms with Crippen LogP contribution < -0.4 is 5.73 Å². The molecule has 1 heterocycles. The SMILES string of the molecule is Cc1ccc(C2=CC(N)CC2)s1. The Bertz CT molecular complexity index is 311. The largest absolute Gasteiger partial charge is 0.324 e. The van der Waals surface area contributed by atoms with Crippen LogP contribution in [0.25, 0.3) is 5.57 Å². The lowest BCUT2D eigenvalue weighted by molar-refractivity contribution is 0.783. The van der Waals surface area contributed by atoms with Gasteiger partial charge in [0.15, 0.2) is 0 Å². The molecule has 0 amide bonds. The van der Waals surface area contributed by atoms with E-state index in [-0.39, 0.29) is 0 Å². The van der Waals surface area contributed by atoms with E-state index in [4.69, 9.17) is 5.73 Å². The molecule has 2 heteroatoms. The summed E-state index contributed by atoms with van der Waals surface area (Å²) < 4.78 is 0. The quantitative estimate of drug-likeness (QED) is 0.704. The molecule has 1 nitrogen and oxygen atoms in total. The van der Waals surface area contributed by atoms with Crippen LogP contribution in [0, 0.1) is 6.92 Å². The van der Waals surface area contributed by atoms with Crippen LogP contribution in [0.3, 0.4) is 0 Å². The molecule has 2 rings (SSSR count). The van der Waals surface area contributed by atoms with E-state index in [0.717, 1.165) is 12.8 Å². The first-order valence-electron chi connectivity index (χ1n) is 4.29. The zero-order valence-corrected chi connectivity index (χ0v) is 8.03. The molecule has 2 N–H and O–H groups in total. The van der Waals surface area contributed by atoms with Crippen LogP contribution >= 0.6 is 11.3 Å². The number of thiophene rings is 1. The van der Waals surface area contributed by atoms with Gasteiger partial charge in [-0.15, -0.1) is 11.3 Å². The van der Waals surface area contributed by atoms with Gasteiger partial charge in [0, 0.05) is 15.8 Å². The van der Waals surface area contributed by atoms with Crippen LogP contribution in [0.5, 0.6) is 0 Å². The maximum absolute atomic E-state index is 5.80. The van der Waals surface area contributed by atoms with Gasteiger partial charge in [-0.1, -0.05) is 6.08 Å². The fourth-order valence-electron chi connectivity index (χ4n) is 1.56. The van der Waals surface area contributed by atoms with Gasteiger partial charge in [-0.25, -0.2) is 0 Å². The predicted octanol–water partition coefficient (Wildman–Crippen LogP) is 2.56. The maximum atomic E-state index is 5.80. The van der Waals surface area contributed by atoms with Gasteiger partial charge in [0.2, 0.25) is 0 Å². The number of hydrogen-bond acceptors (Lipinski definition) is 2. The number of aryl methyl sites for hydroxylation is 1. The Labute approximate surface area is 76.9 Å². The van der Waals surface area contributed by atoms with Crippen molar-refractivity contribution in [2.45, 2.75) is 25.8 Å². The molecule has 0 saturated heterocycles. The molecular formula is C10H13NS. The van der Waals surface area contributed by atoms with E-state index in [9.17, 15) is 0 Å². The predicted molar refractivity (Wildman–Crippen MR) is 54.2 cm³/mol. The van der Waals surface area contributed by atoms with Crippen molar-refractivity contribution >= 4 is 16.9 Å². The molecule has 12 heavy (non-hydrogen) atoms. The summed E-state index contributed by atoms with van der Waals surface area (Å²) >= 11 is 1.86. The molecular weight excluding hydrogens is 166 g/mol. The molecule has 64 valence electrons. The molecule has 1 aromatic rings. The molecule has 1 aliphatic carbocycles. The first kappa shape index (κ1) is 8.02. The van der Waals surface area contributed by atoms with Crippen molar-refractivity contribution in [3.8, 4) is 0 Å². The van der Waals surface area contributed by atoms with Crippen molar-refractivity contribution in [1.29, 1.82) is 0 Å². The highest BCUT2D eigenvalue weighted by Crippen LogP contribution is 2.31. The fourth-order valence-corrected chi connectivity index (χ4v) is 2.48. The fraction of sp³-hybridized carbons (Fsp3) is 0.400. The first-order chi connectivity index (χ1) is 5.75. The summed E-state index contributed by atoms with van der Waals surface area (Å²) in [7, 11) is 0. The summed E-state index contributed by atoms with van der Waals surface area (Å²) in [6.07, 6.45) is 4.47. The average molecular weight is 179 g/mol. The molecule has 0 aromatic carbocycles. The van der Waals surface area contributed by atoms with E-state index in [1.807, 2.05) is 11.3 Å². The Morgan fingerprint density at radius 2 is 2.33 bits per heavy atom. The Hall–Kier alpha value is -0.600. The lowest BCUT2D eigenvalue weighted by Crippen LogP contribution is -2.11. The van der Waals surface area contributed by atoms with Gasteiger partial charge >= 0.3 is 0 Å². The highest BCUT2D eigenvalue weighted by Gasteiger charge is 2.13. The third kappa shape index (κ3) is 1.45. The minimum Gasteiger partial charge on any atom is -0.324 e. The lowest BCUT2D eigenvalue weighted by atomic mass is 10.2. The molecule has 0 saturated carbocycles. The van der Waals surface area contributed by atoms with Crippen LogP contribution in [0.4, 0.5) is 0 Å². The third-order valence-electron chi connectivity index (χ3n) is 2.22. The standard InChI is InChI=1S/C10H13NS/c1-7-2-5-10(12-7)8-3-4-9(11)6-8/h2,5-6,9H,3-4,11H2,1H3. The highest BCUT2D eigenvalue weighted by molar-refractivity contribution is 7.13. The van der Waals surface area contributed by atoms with Gasteiger partial charge < -0.3 is 5.73 Å². The topological polar surface area (TPSA) is 26.0 Å². The third-order valence-corrected chi connectivity index (χ3v) is 3.30. The molecule has 0 bridgehead atoms. The van der Waals surface area contributed by atoms with E-state index >= 15 is 0 Å². The summed E-state index contributed by atoms with van der Waals surface area (Å²) in [4.78, 5) is 2.78. The number of allylic oxidation sites excluding steroid dienone is 1. The van der Waals surface area contributed by atoms with Gasteiger partial charge in [-0.3, -0.25) is 0 Å². The first-order valence-corrected chi connectivity index (χ1v) is 5.10. The number of nitrogens with two attached hydrogens (primary N) is 1. The van der Waals surface area contributed by atoms with E-state index in [2.05, 4.69) is 25.1 Å². The van der Waals surface area contributed by atoms with Crippen molar-refractivity contribution in [1.82, 2.24) is 0 Å². The van der Waals surface area contributed by atoms with Crippen molar-refractivity contribution in [3.05, 3.63) is 28.0 Å². The van der Waals surface area contributed by atoms with Gasteiger partial charge in [0.1, 0.15) is 0 Å². The van der Waals surface area contributed by atoms with Crippen molar-refractivity contribution in [2.75, 3.05) is 0 Å². The summed E-state index contributed by atoms with van der Waals surface area (Å²) in [6, 6.07) is 4.66. The maximum Gasteiger partial charge on any atom is 0.0302 e. The van der Waals surface area contributed by atoms with Crippen molar-refractivity contribution in [2.24, 2.45) is 5.73 Å². The molecule has 1 atom stereocenters. The number of hydrogen-bond donors (Lipinski definition) is 1. The van der Waals surface area contributed by atoms with E-state index in [1.54, 1.807) is 0 Å². The normalized spacial score (nSPS) is 22.8. The van der Waals surface area contributed by atoms with Crippen molar-refractivity contribution < 1.29 is 0 Å². The Kier molecular flexibility index (Phi) is 2.03. The molecule has 0 radical (unpaired) electrons. The van der Waals surface area contributed by atoms with Crippen LogP contribution in [0.1, 0.15) is 22.6 Å². The van der Waals surface area contributed by atoms with Crippen molar-refractivity contribution in [3.63, 3.8) is 0 Å². The van der Waals surface area contributed by atoms with Gasteiger partial charge in [0.25, 0.3) is 0 Å². The Morgan fingerprint density at radius 1 is 1.50 bits per heavy atom.